The lowest BCUT2D eigenvalue weighted by molar-refractivity contribution is 0.0948. The number of hydrogen-bond acceptors (Lipinski definition) is 7. The van der Waals surface area contributed by atoms with Gasteiger partial charge in [-0.1, -0.05) is 12.1 Å². The van der Waals surface area contributed by atoms with Gasteiger partial charge in [0.1, 0.15) is 16.5 Å². The quantitative estimate of drug-likeness (QED) is 0.247. The van der Waals surface area contributed by atoms with Crippen molar-refractivity contribution in [3.8, 4) is 0 Å². The number of rotatable bonds is 7. The maximum Gasteiger partial charge on any atom is 0.255 e. The second-order valence-corrected chi connectivity index (χ2v) is 10.3. The third kappa shape index (κ3) is 4.69. The predicted molar refractivity (Wildman–Crippen MR) is 137 cm³/mol. The Hall–Kier alpha value is -3.56. The molecule has 176 valence electrons. The molecule has 0 fully saturated rings. The summed E-state index contributed by atoms with van der Waals surface area (Å²) in [6.07, 6.45) is 7.42. The number of thiophene rings is 1. The maximum absolute atomic E-state index is 13.1. The van der Waals surface area contributed by atoms with Crippen LogP contribution in [0.4, 0.5) is 5.00 Å². The van der Waals surface area contributed by atoms with E-state index in [1.165, 1.54) is 16.6 Å². The lowest BCUT2D eigenvalue weighted by Gasteiger charge is -2.12. The molecule has 0 bridgehead atoms. The van der Waals surface area contributed by atoms with Crippen molar-refractivity contribution < 1.29 is 13.6 Å². The van der Waals surface area contributed by atoms with Crippen LogP contribution in [0.3, 0.4) is 0 Å². The first-order chi connectivity index (χ1) is 17.2. The topological polar surface area (TPSA) is 96.4 Å². The normalized spacial score (nSPS) is 13.5. The molecule has 0 saturated carbocycles. The van der Waals surface area contributed by atoms with E-state index in [2.05, 4.69) is 20.3 Å². The first-order valence-corrected chi connectivity index (χ1v) is 13.1. The molecule has 9 heteroatoms. The van der Waals surface area contributed by atoms with Gasteiger partial charge in [0.15, 0.2) is 10.2 Å². The molecule has 0 radical (unpaired) electrons. The van der Waals surface area contributed by atoms with Crippen molar-refractivity contribution in [2.45, 2.75) is 42.5 Å². The molecule has 4 aromatic heterocycles. The molecule has 6 rings (SSSR count). The van der Waals surface area contributed by atoms with Gasteiger partial charge in [-0.3, -0.25) is 4.79 Å². The van der Waals surface area contributed by atoms with Crippen molar-refractivity contribution in [1.82, 2.24) is 15.3 Å². The molecule has 5 aromatic rings. The molecule has 0 atom stereocenters. The third-order valence-electron chi connectivity index (χ3n) is 5.86. The summed E-state index contributed by atoms with van der Waals surface area (Å²) in [4.78, 5) is 26.9. The molecule has 2 N–H and O–H groups in total. The highest BCUT2D eigenvalue weighted by atomic mass is 32.2. The summed E-state index contributed by atoms with van der Waals surface area (Å²) < 4.78 is 11.3. The lowest BCUT2D eigenvalue weighted by atomic mass is 9.95. The van der Waals surface area contributed by atoms with Crippen LogP contribution in [-0.4, -0.2) is 22.1 Å². The van der Waals surface area contributed by atoms with Crippen molar-refractivity contribution in [3.05, 3.63) is 82.3 Å². The molecule has 1 amide bonds. The number of hydrogen-bond donors (Lipinski definition) is 2. The molecule has 0 saturated heterocycles. The Balaban J connectivity index is 1.21. The second-order valence-electron chi connectivity index (χ2n) is 8.23. The SMILES string of the molecule is O=C(NCc1ccco1)c1c(N=Cc2ccc(Sc3nc4ccccc4[nH]3)o2)sc2c1CCCC2. The molecule has 0 unspecified atom stereocenters. The Morgan fingerprint density at radius 2 is 2.09 bits per heavy atom. The van der Waals surface area contributed by atoms with Gasteiger partial charge in [-0.25, -0.2) is 9.98 Å². The zero-order valence-electron chi connectivity index (χ0n) is 18.7. The summed E-state index contributed by atoms with van der Waals surface area (Å²) in [7, 11) is 0. The van der Waals surface area contributed by atoms with Crippen LogP contribution in [0.5, 0.6) is 0 Å². The summed E-state index contributed by atoms with van der Waals surface area (Å²) in [5.41, 5.74) is 3.72. The van der Waals surface area contributed by atoms with E-state index in [1.807, 2.05) is 48.5 Å². The van der Waals surface area contributed by atoms with Crippen LogP contribution < -0.4 is 5.32 Å². The Morgan fingerprint density at radius 1 is 1.17 bits per heavy atom. The molecular formula is C26H22N4O3S2. The monoisotopic (exact) mass is 502 g/mol. The van der Waals surface area contributed by atoms with Crippen molar-refractivity contribution in [1.29, 1.82) is 0 Å². The number of benzene rings is 1. The van der Waals surface area contributed by atoms with Gasteiger partial charge in [0.2, 0.25) is 0 Å². The fourth-order valence-corrected chi connectivity index (χ4v) is 6.20. The van der Waals surface area contributed by atoms with Crippen LogP contribution in [0.25, 0.3) is 11.0 Å². The largest absolute Gasteiger partial charge is 0.467 e. The summed E-state index contributed by atoms with van der Waals surface area (Å²) in [6.45, 7) is 0.347. The van der Waals surface area contributed by atoms with E-state index < -0.39 is 0 Å². The van der Waals surface area contributed by atoms with Gasteiger partial charge >= 0.3 is 0 Å². The number of carbonyl (C=O) groups excluding carboxylic acids is 1. The predicted octanol–water partition coefficient (Wildman–Crippen LogP) is 6.52. The number of nitrogens with one attached hydrogen (secondary N) is 2. The molecule has 1 aliphatic carbocycles. The Morgan fingerprint density at radius 3 is 2.97 bits per heavy atom. The van der Waals surface area contributed by atoms with Crippen LogP contribution in [0.15, 0.2) is 78.9 Å². The van der Waals surface area contributed by atoms with Crippen LogP contribution in [-0.2, 0) is 19.4 Å². The van der Waals surface area contributed by atoms with Crippen LogP contribution in [0.2, 0.25) is 0 Å². The number of para-hydroxylation sites is 2. The number of aliphatic imine (C=N–C) groups is 1. The molecule has 4 heterocycles. The zero-order chi connectivity index (χ0) is 23.6. The smallest absolute Gasteiger partial charge is 0.255 e. The van der Waals surface area contributed by atoms with Crippen LogP contribution >= 0.6 is 23.1 Å². The zero-order valence-corrected chi connectivity index (χ0v) is 20.4. The van der Waals surface area contributed by atoms with E-state index in [0.717, 1.165) is 58.2 Å². The van der Waals surface area contributed by atoms with E-state index >= 15 is 0 Å². The Bertz CT molecular complexity index is 1480. The average Bonchev–Trinajstić information content (AvgIpc) is 3.67. The number of furan rings is 2. The first kappa shape index (κ1) is 21.9. The maximum atomic E-state index is 13.1. The molecule has 0 aliphatic heterocycles. The summed E-state index contributed by atoms with van der Waals surface area (Å²) in [5, 5.41) is 5.18. The van der Waals surface area contributed by atoms with Crippen LogP contribution in [0.1, 0.15) is 45.2 Å². The number of aromatic amines is 1. The molecular weight excluding hydrogens is 480 g/mol. The molecule has 7 nitrogen and oxygen atoms in total. The number of fused-ring (bicyclic) bond motifs is 2. The number of amides is 1. The standard InChI is InChI=1S/C26H22N4O3S2/c31-24(27-14-16-6-5-13-32-16)23-18-7-1-4-10-21(18)34-25(23)28-15-17-11-12-22(33-17)35-26-29-19-8-2-3-9-20(19)30-26/h2-3,5-6,8-9,11-13,15H,1,4,7,10,14H2,(H,27,31)(H,29,30). The van der Waals surface area contributed by atoms with E-state index in [9.17, 15) is 4.79 Å². The summed E-state index contributed by atoms with van der Waals surface area (Å²) in [5.74, 6) is 1.23. The van der Waals surface area contributed by atoms with Crippen molar-refractivity contribution >= 4 is 51.3 Å². The summed E-state index contributed by atoms with van der Waals surface area (Å²) in [6, 6.07) is 15.3. The van der Waals surface area contributed by atoms with Gasteiger partial charge < -0.3 is 19.1 Å². The number of nitrogens with zero attached hydrogens (tertiary/aromatic N) is 2. The Labute approximate surface area is 209 Å². The van der Waals surface area contributed by atoms with Gasteiger partial charge in [-0.15, -0.1) is 11.3 Å². The van der Waals surface area contributed by atoms with Crippen molar-refractivity contribution in [3.63, 3.8) is 0 Å². The van der Waals surface area contributed by atoms with Gasteiger partial charge in [-0.05, 0) is 79.4 Å². The number of aryl methyl sites for hydroxylation is 1. The molecule has 1 aromatic carbocycles. The third-order valence-corrected chi connectivity index (χ3v) is 7.87. The molecule has 1 aliphatic rings. The number of imidazole rings is 1. The highest BCUT2D eigenvalue weighted by Gasteiger charge is 2.25. The number of carbonyl (C=O) groups is 1. The fraction of sp³-hybridized carbons (Fsp3) is 0.192. The van der Waals surface area contributed by atoms with E-state index in [-0.39, 0.29) is 5.91 Å². The highest BCUT2D eigenvalue weighted by Crippen LogP contribution is 2.40. The average molecular weight is 503 g/mol. The number of H-pyrrole nitrogens is 1. The van der Waals surface area contributed by atoms with Gasteiger partial charge in [0.05, 0.1) is 35.6 Å². The first-order valence-electron chi connectivity index (χ1n) is 11.4. The minimum atomic E-state index is -0.117. The van der Waals surface area contributed by atoms with Crippen molar-refractivity contribution in [2.75, 3.05) is 0 Å². The van der Waals surface area contributed by atoms with Gasteiger partial charge in [0, 0.05) is 4.88 Å². The second kappa shape index (κ2) is 9.59. The Kier molecular flexibility index (Phi) is 6.01. The van der Waals surface area contributed by atoms with E-state index in [0.29, 0.717) is 23.0 Å². The highest BCUT2D eigenvalue weighted by molar-refractivity contribution is 7.99. The van der Waals surface area contributed by atoms with Crippen molar-refractivity contribution in [2.24, 2.45) is 4.99 Å². The van der Waals surface area contributed by atoms with Crippen LogP contribution in [0, 0.1) is 0 Å². The molecule has 35 heavy (non-hydrogen) atoms. The van der Waals surface area contributed by atoms with E-state index in [4.69, 9.17) is 8.83 Å². The van der Waals surface area contributed by atoms with E-state index in [1.54, 1.807) is 23.8 Å². The fourth-order valence-electron chi connectivity index (χ4n) is 4.20. The molecule has 0 spiro atoms. The lowest BCUT2D eigenvalue weighted by Crippen LogP contribution is -2.23. The van der Waals surface area contributed by atoms with Gasteiger partial charge in [-0.2, -0.15) is 0 Å². The van der Waals surface area contributed by atoms with Gasteiger partial charge in [0.25, 0.3) is 5.91 Å². The minimum absolute atomic E-state index is 0.117. The number of aromatic nitrogens is 2. The summed E-state index contributed by atoms with van der Waals surface area (Å²) >= 11 is 3.03. The minimum Gasteiger partial charge on any atom is -0.467 e.